The molecule has 0 radical (unpaired) electrons. The molecule has 6 aromatic rings. The van der Waals surface area contributed by atoms with Crippen molar-refractivity contribution in [3.63, 3.8) is 0 Å². The van der Waals surface area contributed by atoms with Crippen LogP contribution in [0.2, 0.25) is 20.1 Å². The third-order valence-electron chi connectivity index (χ3n) is 10.0. The lowest BCUT2D eigenvalue weighted by atomic mass is 9.95. The molecule has 4 heterocycles. The highest BCUT2D eigenvalue weighted by molar-refractivity contribution is 7.88. The van der Waals surface area contributed by atoms with E-state index in [1.807, 2.05) is 0 Å². The summed E-state index contributed by atoms with van der Waals surface area (Å²) in [5.41, 5.74) is 7.64. The Kier molecular flexibility index (Phi) is 12.2. The van der Waals surface area contributed by atoms with Gasteiger partial charge in [0.25, 0.3) is 0 Å². The Morgan fingerprint density at radius 1 is 0.603 bits per heavy atom. The average molecular weight is 945 g/mol. The highest BCUT2D eigenvalue weighted by Crippen LogP contribution is 2.46. The van der Waals surface area contributed by atoms with E-state index in [-0.39, 0.29) is 21.6 Å². The van der Waals surface area contributed by atoms with Gasteiger partial charge in [-0.15, -0.1) is 22.7 Å². The van der Waals surface area contributed by atoms with Crippen molar-refractivity contribution >= 4 is 89.3 Å². The molecule has 2 N–H and O–H groups in total. The topological polar surface area (TPSA) is 163 Å². The van der Waals surface area contributed by atoms with E-state index in [1.165, 1.54) is 12.1 Å². The van der Waals surface area contributed by atoms with Crippen molar-refractivity contribution in [1.82, 2.24) is 19.6 Å². The van der Waals surface area contributed by atoms with Gasteiger partial charge in [0.05, 0.1) is 67.2 Å². The molecule has 2 aromatic carbocycles. The number of benzene rings is 2. The molecule has 20 heteroatoms. The van der Waals surface area contributed by atoms with Gasteiger partial charge in [0.15, 0.2) is 0 Å². The molecule has 4 aromatic heterocycles. The number of ether oxygens (including phenoxy) is 2. The standard InChI is InChI=1S/C38H34Cl4N4O8S4/c39-23-7-11-31(27(41)17-23)45-35-25(9-5-21-15-33(55-37(21)35)57(47,48)49)29(43-45)19-53-13-3-1-2-4-14-54-20-30-26-10-6-22-16-34(58(50,51)52)56-38(22)36(26)46(44-30)32-12-8-24(40)18-28(32)42/h7-8,11-12,15-18H,1-6,9-10,13-14,19-20H2,(H,47,48,49)(H,50,51,52). The fourth-order valence-corrected chi connectivity index (χ4v) is 12.2. The molecule has 2 aliphatic rings. The van der Waals surface area contributed by atoms with Crippen LogP contribution in [0.3, 0.4) is 0 Å². The predicted octanol–water partition coefficient (Wildman–Crippen LogP) is 10.1. The number of halogens is 4. The normalized spacial score (nSPS) is 13.7. The predicted molar refractivity (Wildman–Crippen MR) is 226 cm³/mol. The van der Waals surface area contributed by atoms with Gasteiger partial charge in [0, 0.05) is 34.4 Å². The number of aromatic nitrogens is 4. The number of rotatable bonds is 15. The molecule has 0 amide bonds. The van der Waals surface area contributed by atoms with Gasteiger partial charge in [-0.2, -0.15) is 27.0 Å². The van der Waals surface area contributed by atoms with Crippen LogP contribution in [0.25, 0.3) is 32.5 Å². The van der Waals surface area contributed by atoms with Crippen LogP contribution in [0, 0.1) is 0 Å². The highest BCUT2D eigenvalue weighted by Gasteiger charge is 2.32. The van der Waals surface area contributed by atoms with E-state index in [0.717, 1.165) is 93.4 Å². The fraction of sp³-hybridized carbons (Fsp3) is 0.316. The second kappa shape index (κ2) is 16.9. The van der Waals surface area contributed by atoms with Crippen LogP contribution in [0.15, 0.2) is 56.9 Å². The van der Waals surface area contributed by atoms with Crippen molar-refractivity contribution in [2.24, 2.45) is 0 Å². The summed E-state index contributed by atoms with van der Waals surface area (Å²) in [5, 5.41) is 11.5. The van der Waals surface area contributed by atoms with Gasteiger partial charge >= 0.3 is 20.2 Å². The van der Waals surface area contributed by atoms with E-state index in [2.05, 4.69) is 0 Å². The molecule has 8 rings (SSSR count). The second-order valence-electron chi connectivity index (χ2n) is 13.9. The van der Waals surface area contributed by atoms with Crippen LogP contribution in [0.5, 0.6) is 0 Å². The van der Waals surface area contributed by atoms with Gasteiger partial charge in [0.2, 0.25) is 0 Å². The summed E-state index contributed by atoms with van der Waals surface area (Å²) in [6.07, 6.45) is 5.93. The first kappa shape index (κ1) is 41.9. The van der Waals surface area contributed by atoms with Crippen molar-refractivity contribution in [1.29, 1.82) is 0 Å². The number of hydrogen-bond donors (Lipinski definition) is 2. The van der Waals surface area contributed by atoms with Crippen LogP contribution in [0.4, 0.5) is 0 Å². The number of aryl methyl sites for hydroxylation is 2. The Labute approximate surface area is 362 Å². The lowest BCUT2D eigenvalue weighted by Crippen LogP contribution is -2.06. The van der Waals surface area contributed by atoms with E-state index in [4.69, 9.17) is 66.1 Å². The Balaban J connectivity index is 0.873. The van der Waals surface area contributed by atoms with E-state index in [0.29, 0.717) is 80.1 Å². The minimum atomic E-state index is -4.37. The quantitative estimate of drug-likeness (QED) is 0.0748. The zero-order valence-corrected chi connectivity index (χ0v) is 36.7. The van der Waals surface area contributed by atoms with Crippen molar-refractivity contribution in [3.8, 4) is 32.5 Å². The lowest BCUT2D eigenvalue weighted by molar-refractivity contribution is 0.105. The van der Waals surface area contributed by atoms with Crippen LogP contribution in [-0.4, -0.2) is 58.7 Å². The van der Waals surface area contributed by atoms with Gasteiger partial charge in [-0.3, -0.25) is 9.11 Å². The maximum absolute atomic E-state index is 12.0. The molecule has 0 atom stereocenters. The SMILES string of the molecule is O=S(=O)(O)c1cc2c(s1)-c1c(c(COCCCCCCOCc3nn(-c4ccc(Cl)cc4Cl)c4c3CCc3cc(S(=O)(=O)O)sc3-4)nn1-c1ccc(Cl)cc1Cl)CC2. The molecule has 0 aliphatic heterocycles. The number of hydrogen-bond acceptors (Lipinski definition) is 10. The molecule has 58 heavy (non-hydrogen) atoms. The van der Waals surface area contributed by atoms with Crippen molar-refractivity contribution < 1.29 is 35.4 Å². The summed E-state index contributed by atoms with van der Waals surface area (Å²) < 4.78 is 82.9. The Morgan fingerprint density at radius 3 is 1.40 bits per heavy atom. The summed E-state index contributed by atoms with van der Waals surface area (Å²) in [4.78, 5) is 1.43. The summed E-state index contributed by atoms with van der Waals surface area (Å²) in [7, 11) is -8.75. The zero-order valence-electron chi connectivity index (χ0n) is 30.4. The minimum Gasteiger partial charge on any atom is -0.375 e. The molecule has 2 aliphatic carbocycles. The monoisotopic (exact) mass is 942 g/mol. The van der Waals surface area contributed by atoms with Crippen molar-refractivity contribution in [3.05, 3.63) is 102 Å². The van der Waals surface area contributed by atoms with E-state index >= 15 is 0 Å². The summed E-state index contributed by atoms with van der Waals surface area (Å²) in [5.74, 6) is 0. The molecule has 0 unspecified atom stereocenters. The van der Waals surface area contributed by atoms with Crippen LogP contribution < -0.4 is 0 Å². The molecule has 0 fully saturated rings. The number of fused-ring (bicyclic) bond motifs is 6. The Bertz CT molecular complexity index is 2590. The largest absolute Gasteiger partial charge is 0.375 e. The second-order valence-corrected chi connectivity index (χ2v) is 21.0. The third kappa shape index (κ3) is 8.54. The molecular weight excluding hydrogens is 911 g/mol. The number of thiophene rings is 2. The van der Waals surface area contributed by atoms with Crippen LogP contribution in [0.1, 0.15) is 59.3 Å². The van der Waals surface area contributed by atoms with Crippen molar-refractivity contribution in [2.75, 3.05) is 13.2 Å². The fourth-order valence-electron chi connectivity index (χ4n) is 7.32. The van der Waals surface area contributed by atoms with E-state index < -0.39 is 20.2 Å². The molecule has 306 valence electrons. The molecule has 0 saturated heterocycles. The van der Waals surface area contributed by atoms with E-state index in [9.17, 15) is 25.9 Å². The van der Waals surface area contributed by atoms with Gasteiger partial charge in [-0.25, -0.2) is 9.36 Å². The van der Waals surface area contributed by atoms with Gasteiger partial charge in [0.1, 0.15) is 8.42 Å². The van der Waals surface area contributed by atoms with Crippen LogP contribution >= 0.6 is 69.1 Å². The van der Waals surface area contributed by atoms with E-state index in [1.54, 1.807) is 45.8 Å². The summed E-state index contributed by atoms with van der Waals surface area (Å²) in [6.45, 7) is 1.56. The molecule has 0 spiro atoms. The first-order chi connectivity index (χ1) is 27.7. The zero-order chi connectivity index (χ0) is 40.9. The first-order valence-corrected chi connectivity index (χ1v) is 24.2. The maximum Gasteiger partial charge on any atom is 0.304 e. The minimum absolute atomic E-state index is 0.117. The van der Waals surface area contributed by atoms with Gasteiger partial charge in [-0.1, -0.05) is 59.2 Å². The lowest BCUT2D eigenvalue weighted by Gasteiger charge is -2.16. The van der Waals surface area contributed by atoms with Gasteiger partial charge in [-0.05, 0) is 98.2 Å². The summed E-state index contributed by atoms with van der Waals surface area (Å²) in [6, 6.07) is 13.2. The van der Waals surface area contributed by atoms with Crippen molar-refractivity contribution in [2.45, 2.75) is 73.0 Å². The third-order valence-corrected chi connectivity index (χ3v) is 16.1. The average Bonchev–Trinajstić information content (AvgIpc) is 3.95. The van der Waals surface area contributed by atoms with Gasteiger partial charge < -0.3 is 9.47 Å². The molecule has 12 nitrogen and oxygen atoms in total. The van der Waals surface area contributed by atoms with Crippen LogP contribution in [-0.2, 0) is 68.6 Å². The highest BCUT2D eigenvalue weighted by atomic mass is 35.5. The smallest absolute Gasteiger partial charge is 0.304 e. The number of unbranched alkanes of at least 4 members (excludes halogenated alkanes) is 3. The maximum atomic E-state index is 12.0. The Hall–Kier alpha value is -2.84. The molecule has 0 saturated carbocycles. The molecular formula is C38H34Cl4N4O8S4. The molecule has 0 bridgehead atoms. The first-order valence-electron chi connectivity index (χ1n) is 18.2. The number of nitrogens with zero attached hydrogens (tertiary/aromatic N) is 4. The summed E-state index contributed by atoms with van der Waals surface area (Å²) >= 11 is 27.5. The Morgan fingerprint density at radius 2 is 1.02 bits per heavy atom.